The molecule has 0 radical (unpaired) electrons. The molecule has 3 rings (SSSR count). The number of carbonyl (C=O) groups excluding carboxylic acids is 1. The Morgan fingerprint density at radius 2 is 2.15 bits per heavy atom. The molecule has 0 unspecified atom stereocenters. The van der Waals surface area contributed by atoms with Crippen molar-refractivity contribution in [2.45, 2.75) is 0 Å². The van der Waals surface area contributed by atoms with Crippen LogP contribution in [-0.2, 0) is 0 Å². The number of amides is 1. The van der Waals surface area contributed by atoms with Gasteiger partial charge in [0.25, 0.3) is 5.91 Å². The van der Waals surface area contributed by atoms with Crippen molar-refractivity contribution in [3.63, 3.8) is 0 Å². The zero-order valence-electron chi connectivity index (χ0n) is 10.0. The van der Waals surface area contributed by atoms with Crippen LogP contribution in [0.3, 0.4) is 0 Å². The van der Waals surface area contributed by atoms with Gasteiger partial charge in [-0.05, 0) is 30.3 Å². The second kappa shape index (κ2) is 4.90. The van der Waals surface area contributed by atoms with E-state index in [1.54, 1.807) is 24.5 Å². The molecule has 3 aromatic rings. The van der Waals surface area contributed by atoms with E-state index in [9.17, 15) is 9.18 Å². The third-order valence-electron chi connectivity index (χ3n) is 2.67. The minimum absolute atomic E-state index is 0.0548. The smallest absolute Gasteiger partial charge is 0.276 e. The Balaban J connectivity index is 1.86. The average molecular weight is 291 g/mol. The number of imidazole rings is 1. The van der Waals surface area contributed by atoms with Crippen LogP contribution in [0.15, 0.2) is 42.7 Å². The van der Waals surface area contributed by atoms with Crippen molar-refractivity contribution in [3.8, 4) is 0 Å². The van der Waals surface area contributed by atoms with Gasteiger partial charge in [-0.3, -0.25) is 4.79 Å². The van der Waals surface area contributed by atoms with E-state index in [4.69, 9.17) is 11.6 Å². The topological polar surface area (TPSA) is 59.3 Å². The molecule has 0 fully saturated rings. The first-order chi connectivity index (χ1) is 9.63. The van der Waals surface area contributed by atoms with Gasteiger partial charge in [-0.2, -0.15) is 5.10 Å². The third kappa shape index (κ3) is 2.33. The molecule has 0 saturated heterocycles. The van der Waals surface area contributed by atoms with Gasteiger partial charge >= 0.3 is 0 Å². The van der Waals surface area contributed by atoms with Crippen LogP contribution in [0, 0.1) is 5.82 Å². The Morgan fingerprint density at radius 3 is 2.95 bits per heavy atom. The summed E-state index contributed by atoms with van der Waals surface area (Å²) in [6.07, 6.45) is 3.23. The predicted molar refractivity (Wildman–Crippen MR) is 72.4 cm³/mol. The van der Waals surface area contributed by atoms with Crippen LogP contribution in [0.5, 0.6) is 0 Å². The van der Waals surface area contributed by atoms with Crippen molar-refractivity contribution in [1.29, 1.82) is 0 Å². The summed E-state index contributed by atoms with van der Waals surface area (Å²) in [5, 5.41) is 6.65. The molecule has 100 valence electrons. The number of halogens is 2. The molecular weight excluding hydrogens is 283 g/mol. The summed E-state index contributed by atoms with van der Waals surface area (Å²) in [4.78, 5) is 16.1. The fourth-order valence-corrected chi connectivity index (χ4v) is 1.89. The van der Waals surface area contributed by atoms with Gasteiger partial charge in [-0.25, -0.2) is 13.9 Å². The Bertz CT molecular complexity index is 802. The molecule has 2 heterocycles. The second-order valence-corrected chi connectivity index (χ2v) is 4.44. The molecule has 2 aromatic heterocycles. The number of aromatic nitrogens is 3. The molecule has 1 aromatic carbocycles. The minimum atomic E-state index is -0.539. The van der Waals surface area contributed by atoms with Gasteiger partial charge in [0.05, 0.1) is 5.02 Å². The molecule has 1 amide bonds. The molecule has 1 N–H and O–H groups in total. The van der Waals surface area contributed by atoms with Gasteiger partial charge in [0.2, 0.25) is 0 Å². The summed E-state index contributed by atoms with van der Waals surface area (Å²) in [6.45, 7) is 0. The van der Waals surface area contributed by atoms with E-state index in [1.807, 2.05) is 0 Å². The number of hydrogen-bond acceptors (Lipinski definition) is 3. The predicted octanol–water partition coefficient (Wildman–Crippen LogP) is 2.77. The van der Waals surface area contributed by atoms with E-state index in [2.05, 4.69) is 15.4 Å². The SMILES string of the molecule is O=C(Nc1ccc(F)c(Cl)c1)c1ccc2nccn2n1. The minimum Gasteiger partial charge on any atom is -0.321 e. The van der Waals surface area contributed by atoms with Crippen LogP contribution in [0.4, 0.5) is 10.1 Å². The fraction of sp³-hybridized carbons (Fsp3) is 0. The number of benzene rings is 1. The molecule has 5 nitrogen and oxygen atoms in total. The highest BCUT2D eigenvalue weighted by atomic mass is 35.5. The molecule has 0 bridgehead atoms. The molecule has 7 heteroatoms. The summed E-state index contributed by atoms with van der Waals surface area (Å²) in [5.74, 6) is -0.953. The van der Waals surface area contributed by atoms with Crippen molar-refractivity contribution in [2.24, 2.45) is 0 Å². The highest BCUT2D eigenvalue weighted by molar-refractivity contribution is 6.31. The fourth-order valence-electron chi connectivity index (χ4n) is 1.71. The van der Waals surface area contributed by atoms with Gasteiger partial charge in [0, 0.05) is 18.1 Å². The van der Waals surface area contributed by atoms with Crippen LogP contribution in [-0.4, -0.2) is 20.5 Å². The van der Waals surface area contributed by atoms with E-state index < -0.39 is 11.7 Å². The van der Waals surface area contributed by atoms with E-state index in [0.29, 0.717) is 11.3 Å². The quantitative estimate of drug-likeness (QED) is 0.789. The molecule has 20 heavy (non-hydrogen) atoms. The van der Waals surface area contributed by atoms with Crippen molar-refractivity contribution in [3.05, 3.63) is 59.3 Å². The highest BCUT2D eigenvalue weighted by Crippen LogP contribution is 2.19. The summed E-state index contributed by atoms with van der Waals surface area (Å²) in [5.41, 5.74) is 1.26. The van der Waals surface area contributed by atoms with Crippen LogP contribution in [0.25, 0.3) is 5.65 Å². The van der Waals surface area contributed by atoms with Gasteiger partial charge in [0.15, 0.2) is 5.65 Å². The molecule has 0 spiro atoms. The first kappa shape index (κ1) is 12.6. The lowest BCUT2D eigenvalue weighted by Gasteiger charge is -2.05. The highest BCUT2D eigenvalue weighted by Gasteiger charge is 2.10. The van der Waals surface area contributed by atoms with E-state index in [1.165, 1.54) is 22.7 Å². The number of nitrogens with one attached hydrogen (secondary N) is 1. The number of carbonyl (C=O) groups is 1. The number of fused-ring (bicyclic) bond motifs is 1. The van der Waals surface area contributed by atoms with Crippen molar-refractivity contribution in [2.75, 3.05) is 5.32 Å². The van der Waals surface area contributed by atoms with Gasteiger partial charge in [0.1, 0.15) is 11.5 Å². The molecular formula is C13H8ClFN4O. The van der Waals surface area contributed by atoms with Gasteiger partial charge < -0.3 is 5.32 Å². The van der Waals surface area contributed by atoms with Crippen molar-refractivity contribution >= 4 is 28.8 Å². The Kier molecular flexibility index (Phi) is 3.08. The van der Waals surface area contributed by atoms with Crippen molar-refractivity contribution in [1.82, 2.24) is 14.6 Å². The monoisotopic (exact) mass is 290 g/mol. The normalized spacial score (nSPS) is 10.7. The zero-order chi connectivity index (χ0) is 14.1. The van der Waals surface area contributed by atoms with E-state index >= 15 is 0 Å². The van der Waals surface area contributed by atoms with Gasteiger partial charge in [-0.1, -0.05) is 11.6 Å². The Labute approximate surface area is 118 Å². The summed E-state index contributed by atoms with van der Waals surface area (Å²) >= 11 is 5.65. The maximum Gasteiger partial charge on any atom is 0.276 e. The Morgan fingerprint density at radius 1 is 1.30 bits per heavy atom. The van der Waals surface area contributed by atoms with E-state index in [-0.39, 0.29) is 10.7 Å². The average Bonchev–Trinajstić information content (AvgIpc) is 2.90. The van der Waals surface area contributed by atoms with Crippen LogP contribution in [0.1, 0.15) is 10.5 Å². The molecule has 0 aliphatic heterocycles. The lowest BCUT2D eigenvalue weighted by Crippen LogP contribution is -2.15. The Hall–Kier alpha value is -2.47. The molecule has 0 saturated carbocycles. The molecule has 0 atom stereocenters. The maximum atomic E-state index is 13.0. The molecule has 0 aliphatic carbocycles. The lowest BCUT2D eigenvalue weighted by molar-refractivity contribution is 0.102. The van der Waals surface area contributed by atoms with Crippen LogP contribution >= 0.6 is 11.6 Å². The number of anilines is 1. The first-order valence-corrected chi connectivity index (χ1v) is 6.08. The lowest BCUT2D eigenvalue weighted by atomic mass is 10.3. The standard InChI is InChI=1S/C13H8ClFN4O/c14-9-7-8(1-2-10(9)15)17-13(20)11-3-4-12-16-5-6-19(12)18-11/h1-7H,(H,17,20). The van der Waals surface area contributed by atoms with Gasteiger partial charge in [-0.15, -0.1) is 0 Å². The van der Waals surface area contributed by atoms with E-state index in [0.717, 1.165) is 0 Å². The number of rotatable bonds is 2. The second-order valence-electron chi connectivity index (χ2n) is 4.03. The van der Waals surface area contributed by atoms with Crippen LogP contribution in [0.2, 0.25) is 5.02 Å². The summed E-state index contributed by atoms with van der Waals surface area (Å²) in [6, 6.07) is 7.19. The van der Waals surface area contributed by atoms with Crippen LogP contribution < -0.4 is 5.32 Å². The summed E-state index contributed by atoms with van der Waals surface area (Å²) < 4.78 is 14.5. The summed E-state index contributed by atoms with van der Waals surface area (Å²) in [7, 11) is 0. The zero-order valence-corrected chi connectivity index (χ0v) is 10.8. The first-order valence-electron chi connectivity index (χ1n) is 5.70. The molecule has 0 aliphatic rings. The maximum absolute atomic E-state index is 13.0. The largest absolute Gasteiger partial charge is 0.321 e. The third-order valence-corrected chi connectivity index (χ3v) is 2.95. The van der Waals surface area contributed by atoms with Crippen molar-refractivity contribution < 1.29 is 9.18 Å². The number of hydrogen-bond donors (Lipinski definition) is 1. The number of nitrogens with zero attached hydrogens (tertiary/aromatic N) is 3.